The molecule has 0 spiro atoms. The van der Waals surface area contributed by atoms with Crippen molar-refractivity contribution in [3.8, 4) is 0 Å². The summed E-state index contributed by atoms with van der Waals surface area (Å²) in [5.41, 5.74) is 3.07. The Labute approximate surface area is 162 Å². The fourth-order valence-electron chi connectivity index (χ4n) is 3.40. The van der Waals surface area contributed by atoms with Crippen molar-refractivity contribution in [3.63, 3.8) is 0 Å². The van der Waals surface area contributed by atoms with Crippen molar-refractivity contribution in [2.24, 2.45) is 7.05 Å². The third-order valence-electron chi connectivity index (χ3n) is 5.05. The molecule has 2 rings (SSSR count). The number of pyridine rings is 1. The molecule has 27 heavy (non-hydrogen) atoms. The van der Waals surface area contributed by atoms with Gasteiger partial charge in [0.2, 0.25) is 0 Å². The van der Waals surface area contributed by atoms with Crippen LogP contribution in [-0.2, 0) is 18.3 Å². The van der Waals surface area contributed by atoms with Crippen LogP contribution in [0.25, 0.3) is 10.9 Å². The fourth-order valence-corrected chi connectivity index (χ4v) is 3.40. The first-order valence-corrected chi connectivity index (χ1v) is 10.1. The Morgan fingerprint density at radius 2 is 1.89 bits per heavy atom. The van der Waals surface area contributed by atoms with Gasteiger partial charge in [0.15, 0.2) is 5.43 Å². The fraction of sp³-hybridized carbons (Fsp3) is 0.458. The maximum absolute atomic E-state index is 12.3. The summed E-state index contributed by atoms with van der Waals surface area (Å²) in [7, 11) is 2.03. The monoisotopic (exact) mass is 365 g/mol. The molecule has 0 saturated heterocycles. The molecule has 0 aliphatic carbocycles. The Morgan fingerprint density at radius 3 is 2.67 bits per heavy atom. The van der Waals surface area contributed by atoms with E-state index in [1.807, 2.05) is 31.3 Å². The minimum absolute atomic E-state index is 0.107. The Hall–Kier alpha value is -2.38. The van der Waals surface area contributed by atoms with E-state index in [0.717, 1.165) is 80.0 Å². The van der Waals surface area contributed by atoms with E-state index in [2.05, 4.69) is 29.6 Å². The molecule has 0 unspecified atom stereocenters. The van der Waals surface area contributed by atoms with E-state index < -0.39 is 0 Å². The van der Waals surface area contributed by atoms with Gasteiger partial charge in [-0.1, -0.05) is 50.5 Å². The molecule has 0 atom stereocenters. The molecule has 0 N–H and O–H groups in total. The number of allylic oxidation sites excluding steroid dienone is 3. The lowest BCUT2D eigenvalue weighted by Crippen LogP contribution is -2.11. The minimum atomic E-state index is 0.107. The number of para-hydroxylation sites is 1. The molecule has 0 aliphatic rings. The Bertz CT molecular complexity index is 870. The zero-order valence-electron chi connectivity index (χ0n) is 16.7. The number of carbonyl (C=O) groups excluding carboxylic acids is 1. The summed E-state index contributed by atoms with van der Waals surface area (Å²) in [6.07, 6.45) is 13.2. The van der Waals surface area contributed by atoms with E-state index in [1.54, 1.807) is 6.07 Å². The van der Waals surface area contributed by atoms with Gasteiger partial charge in [0.1, 0.15) is 5.94 Å². The predicted molar refractivity (Wildman–Crippen MR) is 114 cm³/mol. The summed E-state index contributed by atoms with van der Waals surface area (Å²) in [6, 6.07) is 9.55. The number of nitrogens with zero attached hydrogens (tertiary/aromatic N) is 1. The topological polar surface area (TPSA) is 39.1 Å². The number of benzene rings is 1. The van der Waals surface area contributed by atoms with Crippen molar-refractivity contribution in [1.29, 1.82) is 0 Å². The summed E-state index contributed by atoms with van der Waals surface area (Å²) in [5.74, 6) is 2.10. The second-order valence-corrected chi connectivity index (χ2v) is 7.16. The van der Waals surface area contributed by atoms with E-state index in [4.69, 9.17) is 0 Å². The number of hydrogen-bond acceptors (Lipinski definition) is 2. The van der Waals surface area contributed by atoms with Crippen molar-refractivity contribution in [2.75, 3.05) is 0 Å². The lowest BCUT2D eigenvalue weighted by atomic mass is 10.0. The van der Waals surface area contributed by atoms with Crippen LogP contribution in [-0.4, -0.2) is 10.5 Å². The molecule has 0 bridgehead atoms. The molecule has 1 heterocycles. The molecule has 144 valence electrons. The van der Waals surface area contributed by atoms with Crippen LogP contribution in [0.3, 0.4) is 0 Å². The Balaban J connectivity index is 1.76. The number of hydrogen-bond donors (Lipinski definition) is 0. The van der Waals surface area contributed by atoms with Crippen molar-refractivity contribution < 1.29 is 4.79 Å². The third kappa shape index (κ3) is 6.37. The summed E-state index contributed by atoms with van der Waals surface area (Å²) in [6.45, 7) is 2.15. The van der Waals surface area contributed by atoms with E-state index in [-0.39, 0.29) is 5.43 Å². The van der Waals surface area contributed by atoms with Crippen LogP contribution < -0.4 is 5.43 Å². The molecule has 2 aromatic rings. The van der Waals surface area contributed by atoms with Gasteiger partial charge in [0.25, 0.3) is 0 Å². The zero-order chi connectivity index (χ0) is 19.5. The van der Waals surface area contributed by atoms with Gasteiger partial charge in [-0.05, 0) is 50.7 Å². The maximum atomic E-state index is 12.3. The summed E-state index contributed by atoms with van der Waals surface area (Å²) < 4.78 is 2.13. The van der Waals surface area contributed by atoms with Gasteiger partial charge in [-0.2, -0.15) is 0 Å². The summed E-state index contributed by atoms with van der Waals surface area (Å²) in [5, 5.41) is 0.782. The molecular formula is C24H31NO2. The number of fused-ring (bicyclic) bond motifs is 1. The number of aromatic nitrogens is 1. The normalized spacial score (nSPS) is 11.2. The first-order valence-electron chi connectivity index (χ1n) is 10.1. The van der Waals surface area contributed by atoms with Crippen molar-refractivity contribution in [2.45, 2.75) is 64.7 Å². The van der Waals surface area contributed by atoms with Gasteiger partial charge in [0.05, 0.1) is 5.52 Å². The van der Waals surface area contributed by atoms with Crippen molar-refractivity contribution >= 4 is 16.8 Å². The highest BCUT2D eigenvalue weighted by atomic mass is 16.1. The van der Waals surface area contributed by atoms with Gasteiger partial charge < -0.3 is 4.57 Å². The van der Waals surface area contributed by atoms with E-state index in [1.165, 1.54) is 0 Å². The van der Waals surface area contributed by atoms with Gasteiger partial charge in [-0.15, -0.1) is 0 Å². The average molecular weight is 366 g/mol. The van der Waals surface area contributed by atoms with E-state index >= 15 is 0 Å². The van der Waals surface area contributed by atoms with Crippen LogP contribution in [0, 0.1) is 0 Å². The standard InChI is InChI=1S/C24H31NO2/c1-3-4-5-8-13-20(19-26)14-9-6-7-10-15-21-18-24(27)22-16-11-12-17-23(22)25(21)2/h5,8,11-12,16-18H,3-4,6-7,9-10,13-15H2,1-2H3. The zero-order valence-corrected chi connectivity index (χ0v) is 16.7. The van der Waals surface area contributed by atoms with Crippen LogP contribution in [0.5, 0.6) is 0 Å². The highest BCUT2D eigenvalue weighted by Crippen LogP contribution is 2.15. The number of rotatable bonds is 11. The molecule has 0 radical (unpaired) electrons. The second kappa shape index (κ2) is 11.4. The SMILES string of the molecule is CCCC=CCC(=C=O)CCCCCCc1cc(=O)c2ccccc2n1C. The minimum Gasteiger partial charge on any atom is -0.347 e. The van der Waals surface area contributed by atoms with E-state index in [9.17, 15) is 9.59 Å². The van der Waals surface area contributed by atoms with Crippen LogP contribution >= 0.6 is 0 Å². The van der Waals surface area contributed by atoms with Crippen LogP contribution in [0.2, 0.25) is 0 Å². The Morgan fingerprint density at radius 1 is 1.11 bits per heavy atom. The van der Waals surface area contributed by atoms with Crippen molar-refractivity contribution in [3.05, 3.63) is 64.0 Å². The molecule has 3 heteroatoms. The van der Waals surface area contributed by atoms with Crippen LogP contribution in [0.4, 0.5) is 0 Å². The summed E-state index contributed by atoms with van der Waals surface area (Å²) >= 11 is 0. The van der Waals surface area contributed by atoms with Gasteiger partial charge in [-0.25, -0.2) is 4.79 Å². The molecule has 0 aliphatic heterocycles. The third-order valence-corrected chi connectivity index (χ3v) is 5.05. The molecule has 1 aromatic heterocycles. The molecule has 0 saturated carbocycles. The second-order valence-electron chi connectivity index (χ2n) is 7.16. The number of unbranched alkanes of at least 4 members (excludes halogenated alkanes) is 4. The molecular weight excluding hydrogens is 334 g/mol. The highest BCUT2D eigenvalue weighted by molar-refractivity contribution is 5.79. The molecule has 0 fully saturated rings. The molecule has 3 nitrogen and oxygen atoms in total. The largest absolute Gasteiger partial charge is 0.347 e. The van der Waals surface area contributed by atoms with E-state index in [0.29, 0.717) is 0 Å². The molecule has 0 amide bonds. The number of aryl methyl sites for hydroxylation is 2. The lowest BCUT2D eigenvalue weighted by Gasteiger charge is -2.12. The predicted octanol–water partition coefficient (Wildman–Crippen LogP) is 5.54. The van der Waals surface area contributed by atoms with Gasteiger partial charge in [0, 0.05) is 29.8 Å². The van der Waals surface area contributed by atoms with Crippen LogP contribution in [0.15, 0.2) is 52.9 Å². The smallest absolute Gasteiger partial charge is 0.189 e. The highest BCUT2D eigenvalue weighted by Gasteiger charge is 2.06. The lowest BCUT2D eigenvalue weighted by molar-refractivity contribution is 0.563. The van der Waals surface area contributed by atoms with Crippen LogP contribution in [0.1, 0.15) is 64.0 Å². The quantitative estimate of drug-likeness (QED) is 0.298. The van der Waals surface area contributed by atoms with Gasteiger partial charge in [-0.3, -0.25) is 4.79 Å². The maximum Gasteiger partial charge on any atom is 0.189 e. The van der Waals surface area contributed by atoms with Gasteiger partial charge >= 0.3 is 0 Å². The average Bonchev–Trinajstić information content (AvgIpc) is 2.69. The first kappa shape index (κ1) is 20.9. The summed E-state index contributed by atoms with van der Waals surface area (Å²) in [4.78, 5) is 23.3. The van der Waals surface area contributed by atoms with Crippen molar-refractivity contribution in [1.82, 2.24) is 4.57 Å². The first-order chi connectivity index (χ1) is 13.2. The molecule has 1 aromatic carbocycles. The Kier molecular flexibility index (Phi) is 8.80.